The predicted molar refractivity (Wildman–Crippen MR) is 122 cm³/mol. The predicted octanol–water partition coefficient (Wildman–Crippen LogP) is 3.60. The lowest BCUT2D eigenvalue weighted by atomic mass is 9.99. The molecule has 168 valence electrons. The van der Waals surface area contributed by atoms with E-state index in [4.69, 9.17) is 9.47 Å². The SMILES string of the molecule is N#Cc1ccccc1-c1ccc(COC(=O)c2cccc(S(=O)(=O)N3CCOCC3)c2)cc1. The molecule has 0 radical (unpaired) electrons. The summed E-state index contributed by atoms with van der Waals surface area (Å²) in [4.78, 5) is 12.6. The van der Waals surface area contributed by atoms with Gasteiger partial charge in [0.2, 0.25) is 10.0 Å². The molecule has 0 amide bonds. The lowest BCUT2D eigenvalue weighted by Crippen LogP contribution is -2.40. The molecule has 1 aliphatic heterocycles. The highest BCUT2D eigenvalue weighted by Gasteiger charge is 2.27. The average molecular weight is 463 g/mol. The van der Waals surface area contributed by atoms with Gasteiger partial charge in [-0.1, -0.05) is 48.5 Å². The first kappa shape index (κ1) is 22.7. The zero-order valence-corrected chi connectivity index (χ0v) is 18.6. The Morgan fingerprint density at radius 3 is 2.45 bits per heavy atom. The standard InChI is InChI=1S/C25H22N2O5S/c26-17-22-4-1-2-7-24(22)20-10-8-19(9-11-20)18-32-25(28)21-5-3-6-23(16-21)33(29,30)27-12-14-31-15-13-27/h1-11,16H,12-15,18H2. The van der Waals surface area contributed by atoms with Gasteiger partial charge in [0.1, 0.15) is 6.61 Å². The normalized spacial score (nSPS) is 14.4. The molecule has 0 bridgehead atoms. The Morgan fingerprint density at radius 2 is 1.73 bits per heavy atom. The van der Waals surface area contributed by atoms with Crippen molar-refractivity contribution in [3.8, 4) is 17.2 Å². The number of carbonyl (C=O) groups is 1. The second kappa shape index (κ2) is 9.96. The topological polar surface area (TPSA) is 96.7 Å². The van der Waals surface area contributed by atoms with Crippen LogP contribution in [0.4, 0.5) is 0 Å². The van der Waals surface area contributed by atoms with Crippen LogP contribution in [0.3, 0.4) is 0 Å². The van der Waals surface area contributed by atoms with E-state index in [1.807, 2.05) is 42.5 Å². The summed E-state index contributed by atoms with van der Waals surface area (Å²) in [6.45, 7) is 1.31. The van der Waals surface area contributed by atoms with Crippen LogP contribution in [0.15, 0.2) is 77.7 Å². The molecule has 1 heterocycles. The van der Waals surface area contributed by atoms with Crippen LogP contribution in [0.5, 0.6) is 0 Å². The van der Waals surface area contributed by atoms with Crippen molar-refractivity contribution in [2.75, 3.05) is 26.3 Å². The summed E-state index contributed by atoms with van der Waals surface area (Å²) in [6.07, 6.45) is 0. The highest BCUT2D eigenvalue weighted by molar-refractivity contribution is 7.89. The van der Waals surface area contributed by atoms with E-state index in [0.29, 0.717) is 18.8 Å². The van der Waals surface area contributed by atoms with Gasteiger partial charge < -0.3 is 9.47 Å². The third kappa shape index (κ3) is 5.12. The molecule has 7 nitrogen and oxygen atoms in total. The van der Waals surface area contributed by atoms with Crippen molar-refractivity contribution in [3.63, 3.8) is 0 Å². The minimum atomic E-state index is -3.70. The van der Waals surface area contributed by atoms with Gasteiger partial charge in [0.05, 0.1) is 35.3 Å². The van der Waals surface area contributed by atoms with Gasteiger partial charge >= 0.3 is 5.97 Å². The number of ether oxygens (including phenoxy) is 2. The molecule has 3 aromatic rings. The second-order valence-corrected chi connectivity index (χ2v) is 9.41. The van der Waals surface area contributed by atoms with Crippen LogP contribution in [0.25, 0.3) is 11.1 Å². The van der Waals surface area contributed by atoms with Crippen LogP contribution < -0.4 is 0 Å². The Bertz CT molecular complexity index is 1290. The summed E-state index contributed by atoms with van der Waals surface area (Å²) in [5.74, 6) is -0.604. The van der Waals surface area contributed by atoms with Crippen LogP contribution in [0, 0.1) is 11.3 Å². The average Bonchev–Trinajstić information content (AvgIpc) is 2.88. The molecule has 4 rings (SSSR count). The van der Waals surface area contributed by atoms with Crippen LogP contribution >= 0.6 is 0 Å². The maximum absolute atomic E-state index is 12.8. The molecule has 0 saturated carbocycles. The van der Waals surface area contributed by atoms with Crippen molar-refractivity contribution < 1.29 is 22.7 Å². The zero-order valence-electron chi connectivity index (χ0n) is 17.8. The fraction of sp³-hybridized carbons (Fsp3) is 0.200. The minimum Gasteiger partial charge on any atom is -0.457 e. The Balaban J connectivity index is 1.43. The number of benzene rings is 3. The molecule has 0 aliphatic carbocycles. The number of nitriles is 1. The molecule has 1 aliphatic rings. The second-order valence-electron chi connectivity index (χ2n) is 7.47. The first-order valence-corrected chi connectivity index (χ1v) is 11.9. The van der Waals surface area contributed by atoms with Crippen LogP contribution in [-0.4, -0.2) is 45.0 Å². The van der Waals surface area contributed by atoms with Gasteiger partial charge in [-0.05, 0) is 41.0 Å². The summed E-state index contributed by atoms with van der Waals surface area (Å²) < 4.78 is 37.6. The lowest BCUT2D eigenvalue weighted by molar-refractivity contribution is 0.0472. The van der Waals surface area contributed by atoms with E-state index in [2.05, 4.69) is 6.07 Å². The van der Waals surface area contributed by atoms with Crippen molar-refractivity contribution in [1.82, 2.24) is 4.31 Å². The van der Waals surface area contributed by atoms with E-state index < -0.39 is 16.0 Å². The quantitative estimate of drug-likeness (QED) is 0.519. The summed E-state index contributed by atoms with van der Waals surface area (Å²) in [7, 11) is -3.70. The van der Waals surface area contributed by atoms with E-state index in [1.54, 1.807) is 6.07 Å². The van der Waals surface area contributed by atoms with Crippen molar-refractivity contribution in [2.24, 2.45) is 0 Å². The van der Waals surface area contributed by atoms with E-state index in [9.17, 15) is 18.5 Å². The third-order valence-electron chi connectivity index (χ3n) is 5.36. The molecule has 0 atom stereocenters. The Kier molecular flexibility index (Phi) is 6.84. The molecule has 1 fully saturated rings. The molecular weight excluding hydrogens is 440 g/mol. The highest BCUT2D eigenvalue weighted by atomic mass is 32.2. The van der Waals surface area contributed by atoms with E-state index in [1.165, 1.54) is 28.6 Å². The number of morpholine rings is 1. The van der Waals surface area contributed by atoms with Crippen LogP contribution in [-0.2, 0) is 26.1 Å². The van der Waals surface area contributed by atoms with Gasteiger partial charge in [-0.2, -0.15) is 9.57 Å². The van der Waals surface area contributed by atoms with Gasteiger partial charge in [0.25, 0.3) is 0 Å². The Morgan fingerprint density at radius 1 is 1.00 bits per heavy atom. The van der Waals surface area contributed by atoms with Gasteiger partial charge in [-0.25, -0.2) is 13.2 Å². The molecule has 1 saturated heterocycles. The van der Waals surface area contributed by atoms with Crippen molar-refractivity contribution in [3.05, 3.63) is 89.5 Å². The maximum Gasteiger partial charge on any atom is 0.338 e. The number of hydrogen-bond acceptors (Lipinski definition) is 6. The molecule has 0 unspecified atom stereocenters. The van der Waals surface area contributed by atoms with Crippen molar-refractivity contribution >= 4 is 16.0 Å². The van der Waals surface area contributed by atoms with Crippen LogP contribution in [0.1, 0.15) is 21.5 Å². The van der Waals surface area contributed by atoms with Crippen LogP contribution in [0.2, 0.25) is 0 Å². The number of nitrogens with zero attached hydrogens (tertiary/aromatic N) is 2. The van der Waals surface area contributed by atoms with E-state index in [-0.39, 0.29) is 30.2 Å². The summed E-state index contributed by atoms with van der Waals surface area (Å²) >= 11 is 0. The summed E-state index contributed by atoms with van der Waals surface area (Å²) in [5, 5.41) is 9.28. The fourth-order valence-corrected chi connectivity index (χ4v) is 5.02. The number of sulfonamides is 1. The maximum atomic E-state index is 12.8. The number of esters is 1. The monoisotopic (exact) mass is 462 g/mol. The van der Waals surface area contributed by atoms with Crippen molar-refractivity contribution in [1.29, 1.82) is 5.26 Å². The van der Waals surface area contributed by atoms with Gasteiger partial charge in [0.15, 0.2) is 0 Å². The van der Waals surface area contributed by atoms with E-state index in [0.717, 1.165) is 16.7 Å². The molecule has 3 aromatic carbocycles. The molecule has 0 aromatic heterocycles. The third-order valence-corrected chi connectivity index (χ3v) is 7.25. The van der Waals surface area contributed by atoms with E-state index >= 15 is 0 Å². The molecule has 33 heavy (non-hydrogen) atoms. The fourth-order valence-electron chi connectivity index (χ4n) is 3.56. The molecule has 0 N–H and O–H groups in total. The largest absolute Gasteiger partial charge is 0.457 e. The first-order valence-electron chi connectivity index (χ1n) is 10.4. The van der Waals surface area contributed by atoms with Gasteiger partial charge in [-0.3, -0.25) is 0 Å². The zero-order chi connectivity index (χ0) is 23.3. The highest BCUT2D eigenvalue weighted by Crippen LogP contribution is 2.24. The minimum absolute atomic E-state index is 0.0411. The van der Waals surface area contributed by atoms with Gasteiger partial charge in [-0.15, -0.1) is 0 Å². The Labute approximate surface area is 192 Å². The van der Waals surface area contributed by atoms with Gasteiger partial charge in [0, 0.05) is 13.1 Å². The smallest absolute Gasteiger partial charge is 0.338 e. The molecule has 8 heteroatoms. The number of rotatable bonds is 6. The summed E-state index contributed by atoms with van der Waals surface area (Å²) in [6, 6.07) is 22.8. The lowest BCUT2D eigenvalue weighted by Gasteiger charge is -2.26. The molecule has 0 spiro atoms. The number of carbonyl (C=O) groups excluding carboxylic acids is 1. The summed E-state index contributed by atoms with van der Waals surface area (Å²) in [5.41, 5.74) is 3.26. The first-order chi connectivity index (χ1) is 16.0. The molecular formula is C25H22N2O5S. The number of hydrogen-bond donors (Lipinski definition) is 0. The Hall–Kier alpha value is -3.51. The van der Waals surface area contributed by atoms with Crippen molar-refractivity contribution in [2.45, 2.75) is 11.5 Å².